The lowest BCUT2D eigenvalue weighted by Gasteiger charge is -2.12. The van der Waals surface area contributed by atoms with E-state index < -0.39 is 0 Å². The molecular weight excluding hydrogens is 294 g/mol. The minimum Gasteiger partial charge on any atom is -0.326 e. The highest BCUT2D eigenvalue weighted by molar-refractivity contribution is 7.13. The molecule has 1 unspecified atom stereocenters. The largest absolute Gasteiger partial charge is 0.326 e. The first-order chi connectivity index (χ1) is 9.20. The molecule has 108 valence electrons. The van der Waals surface area contributed by atoms with Crippen LogP contribution in [-0.4, -0.2) is 24.5 Å². The van der Waals surface area contributed by atoms with Gasteiger partial charge in [0.15, 0.2) is 0 Å². The number of thiazole rings is 1. The van der Waals surface area contributed by atoms with Gasteiger partial charge in [-0.1, -0.05) is 19.1 Å². The maximum atomic E-state index is 11.9. The van der Waals surface area contributed by atoms with Crippen molar-refractivity contribution in [3.63, 3.8) is 0 Å². The van der Waals surface area contributed by atoms with Gasteiger partial charge in [-0.2, -0.15) is 0 Å². The fourth-order valence-electron chi connectivity index (χ4n) is 1.76. The van der Waals surface area contributed by atoms with Crippen LogP contribution in [0.5, 0.6) is 0 Å². The van der Waals surface area contributed by atoms with Crippen molar-refractivity contribution in [1.29, 1.82) is 0 Å². The normalized spacial score (nSPS) is 11.5. The smallest absolute Gasteiger partial charge is 0.228 e. The maximum absolute atomic E-state index is 11.9. The van der Waals surface area contributed by atoms with Crippen LogP contribution in [0.1, 0.15) is 6.92 Å². The highest BCUT2D eigenvalue weighted by Gasteiger charge is 2.12. The third-order valence-corrected chi connectivity index (χ3v) is 3.59. The van der Waals surface area contributed by atoms with Crippen LogP contribution in [-0.2, 0) is 4.79 Å². The first-order valence-electron chi connectivity index (χ1n) is 6.16. The first kappa shape index (κ1) is 16.6. The number of benzene rings is 1. The van der Waals surface area contributed by atoms with Crippen molar-refractivity contribution in [2.45, 2.75) is 6.92 Å². The molecule has 0 radical (unpaired) electrons. The van der Waals surface area contributed by atoms with Gasteiger partial charge in [-0.3, -0.25) is 4.79 Å². The van der Waals surface area contributed by atoms with Crippen molar-refractivity contribution in [1.82, 2.24) is 10.3 Å². The molecule has 0 saturated heterocycles. The van der Waals surface area contributed by atoms with E-state index in [1.165, 1.54) is 0 Å². The molecule has 1 heterocycles. The molecule has 2 N–H and O–H groups in total. The number of carbonyl (C=O) groups is 1. The van der Waals surface area contributed by atoms with E-state index in [0.29, 0.717) is 6.54 Å². The summed E-state index contributed by atoms with van der Waals surface area (Å²) in [6.45, 7) is 2.56. The van der Waals surface area contributed by atoms with Crippen LogP contribution >= 0.6 is 23.7 Å². The van der Waals surface area contributed by atoms with Crippen molar-refractivity contribution in [2.24, 2.45) is 5.92 Å². The number of halogens is 1. The van der Waals surface area contributed by atoms with E-state index in [0.717, 1.165) is 16.3 Å². The summed E-state index contributed by atoms with van der Waals surface area (Å²) in [7, 11) is 1.84. The third kappa shape index (κ3) is 4.30. The number of nitrogens with zero attached hydrogens (tertiary/aromatic N) is 1. The predicted molar refractivity (Wildman–Crippen MR) is 86.5 cm³/mol. The van der Waals surface area contributed by atoms with E-state index in [2.05, 4.69) is 15.6 Å². The van der Waals surface area contributed by atoms with Crippen molar-refractivity contribution in [3.05, 3.63) is 35.8 Å². The van der Waals surface area contributed by atoms with E-state index in [4.69, 9.17) is 0 Å². The topological polar surface area (TPSA) is 54.0 Å². The summed E-state index contributed by atoms with van der Waals surface area (Å²) in [6, 6.07) is 7.75. The van der Waals surface area contributed by atoms with Crippen LogP contribution in [0, 0.1) is 5.92 Å². The summed E-state index contributed by atoms with van der Waals surface area (Å²) in [4.78, 5) is 16.2. The second kappa shape index (κ2) is 7.99. The molecule has 1 aromatic carbocycles. The second-order valence-electron chi connectivity index (χ2n) is 4.37. The Hall–Kier alpha value is -1.43. The zero-order chi connectivity index (χ0) is 13.7. The van der Waals surface area contributed by atoms with E-state index in [-0.39, 0.29) is 24.2 Å². The average molecular weight is 312 g/mol. The van der Waals surface area contributed by atoms with Crippen LogP contribution in [0.2, 0.25) is 0 Å². The minimum atomic E-state index is -0.0616. The fourth-order valence-corrected chi connectivity index (χ4v) is 2.40. The quantitative estimate of drug-likeness (QED) is 0.892. The molecule has 1 amide bonds. The van der Waals surface area contributed by atoms with E-state index in [1.54, 1.807) is 17.5 Å². The Balaban J connectivity index is 0.00000200. The molecule has 4 nitrogen and oxygen atoms in total. The number of aromatic nitrogens is 1. The van der Waals surface area contributed by atoms with Gasteiger partial charge in [-0.25, -0.2) is 4.98 Å². The van der Waals surface area contributed by atoms with Crippen LogP contribution in [0.25, 0.3) is 10.6 Å². The van der Waals surface area contributed by atoms with Crippen molar-refractivity contribution < 1.29 is 4.79 Å². The number of hydrogen-bond donors (Lipinski definition) is 2. The Kier molecular flexibility index (Phi) is 6.64. The van der Waals surface area contributed by atoms with E-state index in [1.807, 2.05) is 43.6 Å². The average Bonchev–Trinajstić information content (AvgIpc) is 2.93. The Morgan fingerprint density at radius 1 is 1.45 bits per heavy atom. The number of hydrogen-bond acceptors (Lipinski definition) is 4. The lowest BCUT2D eigenvalue weighted by molar-refractivity contribution is -0.119. The van der Waals surface area contributed by atoms with Crippen LogP contribution in [0.4, 0.5) is 5.69 Å². The molecule has 0 bridgehead atoms. The first-order valence-corrected chi connectivity index (χ1v) is 7.04. The molecule has 0 aliphatic rings. The molecule has 2 aromatic rings. The van der Waals surface area contributed by atoms with Gasteiger partial charge in [0.05, 0.1) is 0 Å². The second-order valence-corrected chi connectivity index (χ2v) is 5.26. The Labute approximate surface area is 129 Å². The summed E-state index contributed by atoms with van der Waals surface area (Å²) < 4.78 is 0. The van der Waals surface area contributed by atoms with E-state index >= 15 is 0 Å². The molecule has 0 aliphatic heterocycles. The third-order valence-electron chi connectivity index (χ3n) is 2.77. The molecule has 1 atom stereocenters. The van der Waals surface area contributed by atoms with Gasteiger partial charge < -0.3 is 10.6 Å². The highest BCUT2D eigenvalue weighted by Crippen LogP contribution is 2.24. The van der Waals surface area contributed by atoms with Crippen molar-refractivity contribution in [3.8, 4) is 10.6 Å². The molecule has 2 rings (SSSR count). The number of nitrogens with one attached hydrogen (secondary N) is 2. The molecular formula is C14H18ClN3OS. The molecule has 0 aliphatic carbocycles. The summed E-state index contributed by atoms with van der Waals surface area (Å²) in [5, 5.41) is 8.82. The van der Waals surface area contributed by atoms with Gasteiger partial charge >= 0.3 is 0 Å². The Morgan fingerprint density at radius 2 is 2.25 bits per heavy atom. The van der Waals surface area contributed by atoms with Crippen LogP contribution in [0.15, 0.2) is 35.8 Å². The summed E-state index contributed by atoms with van der Waals surface area (Å²) in [5.74, 6) is -0.0424. The lowest BCUT2D eigenvalue weighted by Crippen LogP contribution is -2.28. The Bertz CT molecular complexity index is 545. The fraction of sp³-hybridized carbons (Fsp3) is 0.286. The molecule has 0 spiro atoms. The summed E-state index contributed by atoms with van der Waals surface area (Å²) in [6.07, 6.45) is 1.78. The molecule has 20 heavy (non-hydrogen) atoms. The van der Waals surface area contributed by atoms with Crippen molar-refractivity contribution in [2.75, 3.05) is 18.9 Å². The van der Waals surface area contributed by atoms with Gasteiger partial charge in [0.25, 0.3) is 0 Å². The standard InChI is InChI=1S/C14H17N3OS.ClH/c1-10(9-15-2)13(18)17-12-5-3-4-11(8-12)14-16-6-7-19-14;/h3-8,10,15H,9H2,1-2H3,(H,17,18);1H. The maximum Gasteiger partial charge on any atom is 0.228 e. The number of anilines is 1. The van der Waals surface area contributed by atoms with Gasteiger partial charge in [-0.05, 0) is 19.2 Å². The van der Waals surface area contributed by atoms with E-state index in [9.17, 15) is 4.79 Å². The molecule has 1 aromatic heterocycles. The van der Waals surface area contributed by atoms with Crippen molar-refractivity contribution >= 4 is 35.3 Å². The zero-order valence-electron chi connectivity index (χ0n) is 11.4. The zero-order valence-corrected chi connectivity index (χ0v) is 13.1. The number of amides is 1. The Morgan fingerprint density at radius 3 is 2.90 bits per heavy atom. The molecule has 0 saturated carbocycles. The molecule has 6 heteroatoms. The van der Waals surface area contributed by atoms with Gasteiger partial charge in [0.2, 0.25) is 5.91 Å². The predicted octanol–water partition coefficient (Wildman–Crippen LogP) is 3.03. The van der Waals surface area contributed by atoms with Crippen LogP contribution in [0.3, 0.4) is 0 Å². The van der Waals surface area contributed by atoms with Crippen LogP contribution < -0.4 is 10.6 Å². The monoisotopic (exact) mass is 311 g/mol. The van der Waals surface area contributed by atoms with Gasteiger partial charge in [0, 0.05) is 35.3 Å². The number of carbonyl (C=O) groups excluding carboxylic acids is 1. The summed E-state index contributed by atoms with van der Waals surface area (Å²) >= 11 is 1.58. The van der Waals surface area contributed by atoms with Gasteiger partial charge in [-0.15, -0.1) is 23.7 Å². The minimum absolute atomic E-state index is 0. The lowest BCUT2D eigenvalue weighted by atomic mass is 10.1. The highest BCUT2D eigenvalue weighted by atomic mass is 35.5. The molecule has 0 fully saturated rings. The number of rotatable bonds is 5. The SMILES string of the molecule is CNCC(C)C(=O)Nc1cccc(-c2nccs2)c1.Cl. The van der Waals surface area contributed by atoms with Gasteiger partial charge in [0.1, 0.15) is 5.01 Å². The summed E-state index contributed by atoms with van der Waals surface area (Å²) in [5.41, 5.74) is 1.83.